The molecule has 2 N–H and O–H groups in total. The van der Waals surface area contributed by atoms with Gasteiger partial charge in [0.25, 0.3) is 0 Å². The summed E-state index contributed by atoms with van der Waals surface area (Å²) < 4.78 is 14.2. The van der Waals surface area contributed by atoms with E-state index in [1.165, 1.54) is 38.5 Å². The summed E-state index contributed by atoms with van der Waals surface area (Å²) in [5.74, 6) is 0.635. The summed E-state index contributed by atoms with van der Waals surface area (Å²) in [7, 11) is 0. The van der Waals surface area contributed by atoms with Crippen molar-refractivity contribution in [2.75, 3.05) is 13.1 Å². The number of hydrogen-bond donors (Lipinski definition) is 1. The average molecular weight is 355 g/mol. The molecule has 0 aromatic heterocycles. The van der Waals surface area contributed by atoms with Crippen LogP contribution in [-0.4, -0.2) is 24.0 Å². The van der Waals surface area contributed by atoms with Gasteiger partial charge >= 0.3 is 0 Å². The van der Waals surface area contributed by atoms with E-state index in [4.69, 9.17) is 5.73 Å². The van der Waals surface area contributed by atoms with Gasteiger partial charge in [-0.2, -0.15) is 0 Å². The van der Waals surface area contributed by atoms with Crippen molar-refractivity contribution in [3.8, 4) is 0 Å². The lowest BCUT2D eigenvalue weighted by Crippen LogP contribution is -2.40. The molecule has 1 aromatic carbocycles. The molecule has 3 rings (SSSR count). The Bertz CT molecular complexity index is 488. The Balaban J connectivity index is 1.84. The molecule has 1 heterocycles. The van der Waals surface area contributed by atoms with E-state index in [9.17, 15) is 4.39 Å². The second-order valence-corrected chi connectivity index (χ2v) is 7.26. The summed E-state index contributed by atoms with van der Waals surface area (Å²) >= 11 is 3.52. The minimum Gasteiger partial charge on any atom is -0.329 e. The van der Waals surface area contributed by atoms with Gasteiger partial charge in [-0.1, -0.05) is 34.8 Å². The van der Waals surface area contributed by atoms with Crippen molar-refractivity contribution < 1.29 is 4.39 Å². The van der Waals surface area contributed by atoms with Gasteiger partial charge in [-0.05, 0) is 55.8 Å². The van der Waals surface area contributed by atoms with E-state index >= 15 is 0 Å². The standard InChI is InChI=1S/C17H24BrFN2/c18-15-10-13(19)7-8-14(15)17(11-20)21-9-3-6-16(21)12-4-1-2-5-12/h7-8,10,12,16-17H,1-6,9,11,20H2. The highest BCUT2D eigenvalue weighted by Crippen LogP contribution is 2.40. The van der Waals surface area contributed by atoms with Gasteiger partial charge in [0.05, 0.1) is 0 Å². The lowest BCUT2D eigenvalue weighted by Gasteiger charge is -2.36. The fourth-order valence-corrected chi connectivity index (χ4v) is 4.88. The van der Waals surface area contributed by atoms with Gasteiger partial charge in [0.1, 0.15) is 5.82 Å². The van der Waals surface area contributed by atoms with E-state index in [1.54, 1.807) is 12.1 Å². The van der Waals surface area contributed by atoms with Crippen LogP contribution in [0.25, 0.3) is 0 Å². The molecule has 2 unspecified atom stereocenters. The first-order valence-corrected chi connectivity index (χ1v) is 8.90. The van der Waals surface area contributed by atoms with Gasteiger partial charge in [-0.25, -0.2) is 4.39 Å². The van der Waals surface area contributed by atoms with Crippen LogP contribution < -0.4 is 5.73 Å². The zero-order chi connectivity index (χ0) is 14.8. The normalized spacial score (nSPS) is 25.6. The molecule has 1 saturated carbocycles. The molecule has 1 aliphatic carbocycles. The fraction of sp³-hybridized carbons (Fsp3) is 0.647. The molecular formula is C17H24BrFN2. The Labute approximate surface area is 135 Å². The molecule has 116 valence electrons. The van der Waals surface area contributed by atoms with Crippen molar-refractivity contribution in [2.45, 2.75) is 50.6 Å². The molecule has 21 heavy (non-hydrogen) atoms. The van der Waals surface area contributed by atoms with Crippen LogP contribution in [0.5, 0.6) is 0 Å². The molecule has 2 atom stereocenters. The summed E-state index contributed by atoms with van der Waals surface area (Å²) in [6, 6.07) is 5.86. The summed E-state index contributed by atoms with van der Waals surface area (Å²) in [6.45, 7) is 1.71. The number of nitrogens with zero attached hydrogens (tertiary/aromatic N) is 1. The van der Waals surface area contributed by atoms with E-state index in [0.29, 0.717) is 12.6 Å². The first-order valence-electron chi connectivity index (χ1n) is 8.11. The van der Waals surface area contributed by atoms with Crippen LogP contribution in [0.4, 0.5) is 4.39 Å². The Hall–Kier alpha value is -0.450. The van der Waals surface area contributed by atoms with E-state index < -0.39 is 0 Å². The van der Waals surface area contributed by atoms with Crippen LogP contribution in [0.1, 0.15) is 50.1 Å². The van der Waals surface area contributed by atoms with Gasteiger partial charge in [0.2, 0.25) is 0 Å². The van der Waals surface area contributed by atoms with Crippen LogP contribution in [0, 0.1) is 11.7 Å². The van der Waals surface area contributed by atoms with Gasteiger partial charge in [0.15, 0.2) is 0 Å². The number of likely N-dealkylation sites (tertiary alicyclic amines) is 1. The maximum atomic E-state index is 13.3. The zero-order valence-corrected chi connectivity index (χ0v) is 14.0. The summed E-state index contributed by atoms with van der Waals surface area (Å²) in [5, 5.41) is 0. The Morgan fingerprint density at radius 1 is 1.24 bits per heavy atom. The van der Waals surface area contributed by atoms with Crippen molar-refractivity contribution in [2.24, 2.45) is 11.7 Å². The topological polar surface area (TPSA) is 29.3 Å². The van der Waals surface area contributed by atoms with Gasteiger partial charge in [-0.15, -0.1) is 0 Å². The molecule has 4 heteroatoms. The molecule has 1 aliphatic heterocycles. The number of hydrogen-bond acceptors (Lipinski definition) is 2. The first-order chi connectivity index (χ1) is 10.2. The second-order valence-electron chi connectivity index (χ2n) is 6.41. The number of halogens is 2. The summed E-state index contributed by atoms with van der Waals surface area (Å²) in [5.41, 5.74) is 7.22. The van der Waals surface area contributed by atoms with E-state index in [2.05, 4.69) is 20.8 Å². The molecule has 1 saturated heterocycles. The highest BCUT2D eigenvalue weighted by Gasteiger charge is 2.37. The van der Waals surface area contributed by atoms with Gasteiger partial charge in [-0.3, -0.25) is 4.90 Å². The largest absolute Gasteiger partial charge is 0.329 e. The number of nitrogens with two attached hydrogens (primary N) is 1. The third-order valence-electron chi connectivity index (χ3n) is 5.23. The minimum atomic E-state index is -0.199. The lowest BCUT2D eigenvalue weighted by molar-refractivity contribution is 0.137. The highest BCUT2D eigenvalue weighted by molar-refractivity contribution is 9.10. The van der Waals surface area contributed by atoms with Crippen LogP contribution in [0.2, 0.25) is 0 Å². The Kier molecular flexibility index (Phi) is 4.97. The van der Waals surface area contributed by atoms with E-state index in [0.717, 1.165) is 22.5 Å². The van der Waals surface area contributed by atoms with Crippen molar-refractivity contribution in [1.82, 2.24) is 4.90 Å². The SMILES string of the molecule is NCC(c1ccc(F)cc1Br)N1CCCC1C1CCCC1. The number of rotatable bonds is 4. The van der Waals surface area contributed by atoms with E-state index in [1.807, 2.05) is 6.07 Å². The summed E-state index contributed by atoms with van der Waals surface area (Å²) in [6.07, 6.45) is 8.04. The van der Waals surface area contributed by atoms with Crippen molar-refractivity contribution in [3.63, 3.8) is 0 Å². The number of benzene rings is 1. The Morgan fingerprint density at radius 2 is 2.00 bits per heavy atom. The smallest absolute Gasteiger partial charge is 0.124 e. The molecule has 1 aromatic rings. The molecule has 2 aliphatic rings. The van der Waals surface area contributed by atoms with Crippen molar-refractivity contribution in [1.29, 1.82) is 0 Å². The molecule has 2 fully saturated rings. The van der Waals surface area contributed by atoms with Crippen molar-refractivity contribution in [3.05, 3.63) is 34.1 Å². The third-order valence-corrected chi connectivity index (χ3v) is 5.92. The molecule has 0 spiro atoms. The van der Waals surface area contributed by atoms with E-state index in [-0.39, 0.29) is 11.9 Å². The monoisotopic (exact) mass is 354 g/mol. The zero-order valence-electron chi connectivity index (χ0n) is 12.4. The third kappa shape index (κ3) is 3.17. The fourth-order valence-electron chi connectivity index (χ4n) is 4.26. The van der Waals surface area contributed by atoms with Crippen molar-refractivity contribution >= 4 is 15.9 Å². The van der Waals surface area contributed by atoms with Gasteiger partial charge < -0.3 is 5.73 Å². The van der Waals surface area contributed by atoms with Crippen LogP contribution >= 0.6 is 15.9 Å². The van der Waals surface area contributed by atoms with Crippen LogP contribution in [0.15, 0.2) is 22.7 Å². The molecular weight excluding hydrogens is 331 g/mol. The average Bonchev–Trinajstić information content (AvgIpc) is 3.12. The first kappa shape index (κ1) is 15.4. The van der Waals surface area contributed by atoms with Crippen LogP contribution in [-0.2, 0) is 0 Å². The second kappa shape index (κ2) is 6.76. The lowest BCUT2D eigenvalue weighted by atomic mass is 9.94. The summed E-state index contributed by atoms with van der Waals surface area (Å²) in [4.78, 5) is 2.59. The van der Waals surface area contributed by atoms with Crippen LogP contribution in [0.3, 0.4) is 0 Å². The maximum absolute atomic E-state index is 13.3. The van der Waals surface area contributed by atoms with Gasteiger partial charge in [0, 0.05) is 23.1 Å². The molecule has 2 nitrogen and oxygen atoms in total. The quantitative estimate of drug-likeness (QED) is 0.875. The minimum absolute atomic E-state index is 0.199. The maximum Gasteiger partial charge on any atom is 0.124 e. The molecule has 0 amide bonds. The highest BCUT2D eigenvalue weighted by atomic mass is 79.9. The molecule has 0 bridgehead atoms. The Morgan fingerprint density at radius 3 is 2.67 bits per heavy atom. The predicted octanol–water partition coefficient (Wildman–Crippen LogP) is 4.24. The predicted molar refractivity (Wildman–Crippen MR) is 87.6 cm³/mol. The molecule has 0 radical (unpaired) electrons.